The molecule has 2 aromatic carbocycles. The molecule has 6 nitrogen and oxygen atoms in total. The molecule has 2 fully saturated rings. The third-order valence-electron chi connectivity index (χ3n) is 6.35. The van der Waals surface area contributed by atoms with Gasteiger partial charge in [-0.05, 0) is 35.7 Å². The van der Waals surface area contributed by atoms with E-state index in [0.717, 1.165) is 47.8 Å². The van der Waals surface area contributed by atoms with Crippen LogP contribution >= 0.6 is 0 Å². The van der Waals surface area contributed by atoms with Crippen molar-refractivity contribution in [1.29, 1.82) is 0 Å². The van der Waals surface area contributed by atoms with E-state index >= 15 is 0 Å². The molecule has 2 atom stereocenters. The summed E-state index contributed by atoms with van der Waals surface area (Å²) in [5.41, 5.74) is 3.93. The summed E-state index contributed by atoms with van der Waals surface area (Å²) in [4.78, 5) is 19.2. The molecule has 2 aliphatic rings. The van der Waals surface area contributed by atoms with Crippen LogP contribution in [0.3, 0.4) is 0 Å². The summed E-state index contributed by atoms with van der Waals surface area (Å²) in [7, 11) is 0. The number of morpholine rings is 1. The summed E-state index contributed by atoms with van der Waals surface area (Å²) < 4.78 is 11.6. The molecule has 0 spiro atoms. The van der Waals surface area contributed by atoms with Gasteiger partial charge in [0.25, 0.3) is 0 Å². The summed E-state index contributed by atoms with van der Waals surface area (Å²) in [5.74, 6) is 0.842. The van der Waals surface area contributed by atoms with E-state index in [2.05, 4.69) is 15.2 Å². The Kier molecular flexibility index (Phi) is 6.65. The van der Waals surface area contributed by atoms with Crippen LogP contribution in [0.2, 0.25) is 0 Å². The van der Waals surface area contributed by atoms with Crippen molar-refractivity contribution in [2.75, 3.05) is 26.3 Å². The molecular formula is C27H29N3O3. The minimum atomic E-state index is -0.0325. The standard InChI is InChI=1S/C27H29N3O3/c31-27(29-16-20-4-2-1-3-5-20)14-23-9-6-22(17-28-23)21-7-10-25(11-8-21)32-13-12-30-18-26-15-24(30)19-33-26/h1-11,17,24,26H,12-16,18-19H2,(H,29,31)/t24-,26-/m0/s1. The van der Waals surface area contributed by atoms with Crippen molar-refractivity contribution in [2.24, 2.45) is 0 Å². The molecule has 2 bridgehead atoms. The van der Waals surface area contributed by atoms with Gasteiger partial charge < -0.3 is 14.8 Å². The number of ether oxygens (including phenoxy) is 2. The molecule has 2 aliphatic heterocycles. The Morgan fingerprint density at radius 2 is 1.88 bits per heavy atom. The number of amides is 1. The van der Waals surface area contributed by atoms with Crippen LogP contribution < -0.4 is 10.1 Å². The number of carbonyl (C=O) groups is 1. The number of benzene rings is 2. The van der Waals surface area contributed by atoms with E-state index < -0.39 is 0 Å². The number of likely N-dealkylation sites (tertiary alicyclic amines) is 1. The van der Waals surface area contributed by atoms with Gasteiger partial charge in [-0.2, -0.15) is 0 Å². The zero-order chi connectivity index (χ0) is 22.5. The molecule has 3 heterocycles. The monoisotopic (exact) mass is 443 g/mol. The van der Waals surface area contributed by atoms with E-state index in [-0.39, 0.29) is 12.3 Å². The fourth-order valence-electron chi connectivity index (χ4n) is 4.50. The van der Waals surface area contributed by atoms with E-state index in [1.54, 1.807) is 0 Å². The number of pyridine rings is 1. The van der Waals surface area contributed by atoms with Crippen molar-refractivity contribution < 1.29 is 14.3 Å². The van der Waals surface area contributed by atoms with Crippen molar-refractivity contribution in [2.45, 2.75) is 31.5 Å². The first-order valence-corrected chi connectivity index (χ1v) is 11.6. The van der Waals surface area contributed by atoms with Gasteiger partial charge in [0.05, 0.1) is 19.1 Å². The van der Waals surface area contributed by atoms with E-state index in [9.17, 15) is 4.79 Å². The van der Waals surface area contributed by atoms with Crippen molar-refractivity contribution in [3.05, 3.63) is 84.2 Å². The summed E-state index contributed by atoms with van der Waals surface area (Å²) >= 11 is 0. The number of aromatic nitrogens is 1. The highest BCUT2D eigenvalue weighted by molar-refractivity contribution is 5.78. The Bertz CT molecular complexity index is 1050. The van der Waals surface area contributed by atoms with Crippen LogP contribution in [0, 0.1) is 0 Å². The third kappa shape index (κ3) is 5.59. The zero-order valence-corrected chi connectivity index (χ0v) is 18.7. The van der Waals surface area contributed by atoms with Gasteiger partial charge in [0.15, 0.2) is 0 Å². The number of nitrogens with zero attached hydrogens (tertiary/aromatic N) is 2. The maximum absolute atomic E-state index is 12.2. The van der Waals surface area contributed by atoms with Gasteiger partial charge in [-0.25, -0.2) is 0 Å². The second-order valence-electron chi connectivity index (χ2n) is 8.69. The van der Waals surface area contributed by atoms with Gasteiger partial charge in [0, 0.05) is 43.1 Å². The molecule has 0 aliphatic carbocycles. The van der Waals surface area contributed by atoms with Crippen LogP contribution in [0.1, 0.15) is 17.7 Å². The van der Waals surface area contributed by atoms with Crippen LogP contribution in [0.4, 0.5) is 0 Å². The maximum Gasteiger partial charge on any atom is 0.226 e. The predicted molar refractivity (Wildman–Crippen MR) is 127 cm³/mol. The molecule has 33 heavy (non-hydrogen) atoms. The smallest absolute Gasteiger partial charge is 0.226 e. The normalized spacial score (nSPS) is 19.5. The molecule has 5 rings (SSSR count). The SMILES string of the molecule is O=C(Cc1ccc(-c2ccc(OCCN3C[C@@H]4C[C@H]3CO4)cc2)cn1)NCc1ccccc1. The molecule has 2 saturated heterocycles. The molecule has 6 heteroatoms. The van der Waals surface area contributed by atoms with Crippen LogP contribution in [-0.2, 0) is 22.5 Å². The summed E-state index contributed by atoms with van der Waals surface area (Å²) in [6, 6.07) is 22.5. The fraction of sp³-hybridized carbons (Fsp3) is 0.333. The molecular weight excluding hydrogens is 414 g/mol. The van der Waals surface area contributed by atoms with E-state index in [1.165, 1.54) is 6.42 Å². The molecule has 1 amide bonds. The van der Waals surface area contributed by atoms with Gasteiger partial charge in [-0.1, -0.05) is 48.5 Å². The molecule has 1 aromatic heterocycles. The lowest BCUT2D eigenvalue weighted by atomic mass is 10.1. The summed E-state index contributed by atoms with van der Waals surface area (Å²) in [5, 5.41) is 2.94. The highest BCUT2D eigenvalue weighted by Crippen LogP contribution is 2.27. The Balaban J connectivity index is 1.08. The van der Waals surface area contributed by atoms with E-state index in [0.29, 0.717) is 25.3 Å². The zero-order valence-electron chi connectivity index (χ0n) is 18.7. The lowest BCUT2D eigenvalue weighted by Gasteiger charge is -2.26. The first-order chi connectivity index (χ1) is 16.2. The first kappa shape index (κ1) is 21.6. The van der Waals surface area contributed by atoms with Gasteiger partial charge in [0.2, 0.25) is 5.91 Å². The summed E-state index contributed by atoms with van der Waals surface area (Å²) in [6.45, 7) is 4.05. The number of nitrogens with one attached hydrogen (secondary N) is 1. The molecule has 0 saturated carbocycles. The number of fused-ring (bicyclic) bond motifs is 2. The summed E-state index contributed by atoms with van der Waals surface area (Å²) in [6.07, 6.45) is 3.68. The Labute approximate surface area is 194 Å². The van der Waals surface area contributed by atoms with Crippen molar-refractivity contribution >= 4 is 5.91 Å². The second kappa shape index (κ2) is 10.1. The minimum absolute atomic E-state index is 0.0325. The second-order valence-corrected chi connectivity index (χ2v) is 8.69. The molecule has 0 unspecified atom stereocenters. The number of hydrogen-bond donors (Lipinski definition) is 1. The molecule has 1 N–H and O–H groups in total. The van der Waals surface area contributed by atoms with Crippen molar-refractivity contribution in [3.63, 3.8) is 0 Å². The van der Waals surface area contributed by atoms with Gasteiger partial charge in [-0.15, -0.1) is 0 Å². The van der Waals surface area contributed by atoms with Crippen LogP contribution in [0.5, 0.6) is 5.75 Å². The van der Waals surface area contributed by atoms with E-state index in [4.69, 9.17) is 9.47 Å². The van der Waals surface area contributed by atoms with Gasteiger partial charge in [-0.3, -0.25) is 14.7 Å². The number of hydrogen-bond acceptors (Lipinski definition) is 5. The van der Waals surface area contributed by atoms with E-state index in [1.807, 2.05) is 72.9 Å². The van der Waals surface area contributed by atoms with Crippen LogP contribution in [-0.4, -0.2) is 54.2 Å². The van der Waals surface area contributed by atoms with Gasteiger partial charge in [0.1, 0.15) is 12.4 Å². The fourth-order valence-corrected chi connectivity index (χ4v) is 4.50. The Morgan fingerprint density at radius 1 is 1.06 bits per heavy atom. The average molecular weight is 444 g/mol. The van der Waals surface area contributed by atoms with Crippen molar-refractivity contribution in [1.82, 2.24) is 15.2 Å². The Hall–Kier alpha value is -3.22. The average Bonchev–Trinajstić information content (AvgIpc) is 3.48. The predicted octanol–water partition coefficient (Wildman–Crippen LogP) is 3.46. The highest BCUT2D eigenvalue weighted by atomic mass is 16.5. The molecule has 0 radical (unpaired) electrons. The van der Waals surface area contributed by atoms with Crippen LogP contribution in [0.25, 0.3) is 11.1 Å². The number of rotatable bonds is 9. The minimum Gasteiger partial charge on any atom is -0.492 e. The third-order valence-corrected chi connectivity index (χ3v) is 6.35. The number of carbonyl (C=O) groups excluding carboxylic acids is 1. The van der Waals surface area contributed by atoms with Crippen molar-refractivity contribution in [3.8, 4) is 16.9 Å². The lowest BCUT2D eigenvalue weighted by molar-refractivity contribution is -0.120. The highest BCUT2D eigenvalue weighted by Gasteiger charge is 2.38. The molecule has 170 valence electrons. The first-order valence-electron chi connectivity index (χ1n) is 11.6. The molecule has 3 aromatic rings. The van der Waals surface area contributed by atoms with Crippen LogP contribution in [0.15, 0.2) is 72.9 Å². The lowest BCUT2D eigenvalue weighted by Crippen LogP contribution is -2.39. The maximum atomic E-state index is 12.2. The topological polar surface area (TPSA) is 63.7 Å². The quantitative estimate of drug-likeness (QED) is 0.549. The largest absolute Gasteiger partial charge is 0.492 e. The Morgan fingerprint density at radius 3 is 2.58 bits per heavy atom. The van der Waals surface area contributed by atoms with Gasteiger partial charge >= 0.3 is 0 Å².